The number of nitrogens with zero attached hydrogens (tertiary/aromatic N) is 4. The summed E-state index contributed by atoms with van der Waals surface area (Å²) >= 11 is 2.14. The fourth-order valence-corrected chi connectivity index (χ4v) is 1.74. The topological polar surface area (TPSA) is 79.2 Å². The Labute approximate surface area is 111 Å². The van der Waals surface area contributed by atoms with Crippen LogP contribution in [-0.4, -0.2) is 29.3 Å². The molecule has 2 heterocycles. The highest BCUT2D eigenvalue weighted by molar-refractivity contribution is 14.1. The van der Waals surface area contributed by atoms with Gasteiger partial charge < -0.3 is 15.0 Å². The van der Waals surface area contributed by atoms with Gasteiger partial charge in [0.15, 0.2) is 0 Å². The molecule has 90 valence electrons. The van der Waals surface area contributed by atoms with Crippen LogP contribution >= 0.6 is 22.6 Å². The van der Waals surface area contributed by atoms with Crippen molar-refractivity contribution in [2.24, 2.45) is 10.4 Å². The summed E-state index contributed by atoms with van der Waals surface area (Å²) in [4.78, 5) is 16.1. The monoisotopic (exact) mass is 347 g/mol. The SMILES string of the molecule is O=N/N=C1\NCOCN1Cc1ccc(I)nc1. The maximum absolute atomic E-state index is 10.2. The van der Waals surface area contributed by atoms with Gasteiger partial charge in [-0.15, -0.1) is 4.91 Å². The summed E-state index contributed by atoms with van der Waals surface area (Å²) in [5, 5.41) is 8.84. The summed E-state index contributed by atoms with van der Waals surface area (Å²) in [6, 6.07) is 3.89. The van der Waals surface area contributed by atoms with E-state index >= 15 is 0 Å². The van der Waals surface area contributed by atoms with Crippen molar-refractivity contribution in [3.63, 3.8) is 0 Å². The van der Waals surface area contributed by atoms with Crippen molar-refractivity contribution in [3.8, 4) is 0 Å². The summed E-state index contributed by atoms with van der Waals surface area (Å²) in [5.74, 6) is 0.421. The average molecular weight is 347 g/mol. The summed E-state index contributed by atoms with van der Waals surface area (Å²) in [6.07, 6.45) is 1.78. The third kappa shape index (κ3) is 3.33. The predicted octanol–water partition coefficient (Wildman–Crippen LogP) is 1.06. The Balaban J connectivity index is 2.08. The van der Waals surface area contributed by atoms with Crippen molar-refractivity contribution in [2.75, 3.05) is 13.5 Å². The lowest BCUT2D eigenvalue weighted by molar-refractivity contribution is 0.0293. The molecule has 0 unspecified atom stereocenters. The van der Waals surface area contributed by atoms with E-state index in [9.17, 15) is 4.91 Å². The number of pyridine rings is 1. The molecule has 1 aromatic rings. The Morgan fingerprint density at radius 3 is 3.18 bits per heavy atom. The Morgan fingerprint density at radius 1 is 1.59 bits per heavy atom. The van der Waals surface area contributed by atoms with Crippen LogP contribution in [0.4, 0.5) is 0 Å². The number of guanidine groups is 1. The molecule has 0 atom stereocenters. The fraction of sp³-hybridized carbons (Fsp3) is 0.333. The zero-order chi connectivity index (χ0) is 12.1. The van der Waals surface area contributed by atoms with Crippen molar-refractivity contribution in [1.29, 1.82) is 0 Å². The van der Waals surface area contributed by atoms with Crippen molar-refractivity contribution < 1.29 is 4.74 Å². The van der Waals surface area contributed by atoms with Crippen LogP contribution in [0.5, 0.6) is 0 Å². The normalized spacial score (nSPS) is 17.9. The highest BCUT2D eigenvalue weighted by Crippen LogP contribution is 2.08. The van der Waals surface area contributed by atoms with E-state index in [1.165, 1.54) is 0 Å². The van der Waals surface area contributed by atoms with Gasteiger partial charge in [0.25, 0.3) is 0 Å². The first-order valence-electron chi connectivity index (χ1n) is 4.87. The zero-order valence-corrected chi connectivity index (χ0v) is 11.0. The molecule has 0 saturated carbocycles. The lowest BCUT2D eigenvalue weighted by Gasteiger charge is -2.29. The lowest BCUT2D eigenvalue weighted by Crippen LogP contribution is -2.48. The van der Waals surface area contributed by atoms with Gasteiger partial charge in [0.2, 0.25) is 5.96 Å². The summed E-state index contributed by atoms with van der Waals surface area (Å²) in [6.45, 7) is 1.26. The Hall–Kier alpha value is -1.29. The first kappa shape index (κ1) is 12.2. The van der Waals surface area contributed by atoms with E-state index in [-0.39, 0.29) is 0 Å². The molecule has 8 heteroatoms. The largest absolute Gasteiger partial charge is 0.341 e. The van der Waals surface area contributed by atoms with Gasteiger partial charge in [-0.05, 0) is 34.2 Å². The first-order chi connectivity index (χ1) is 8.29. The quantitative estimate of drug-likeness (QED) is 0.383. The number of aromatic nitrogens is 1. The minimum Gasteiger partial charge on any atom is -0.341 e. The molecule has 1 saturated heterocycles. The van der Waals surface area contributed by atoms with E-state index < -0.39 is 0 Å². The second-order valence-corrected chi connectivity index (χ2v) is 4.45. The van der Waals surface area contributed by atoms with Gasteiger partial charge in [-0.1, -0.05) is 11.2 Å². The Kier molecular flexibility index (Phi) is 4.20. The second-order valence-electron chi connectivity index (χ2n) is 3.35. The molecule has 0 amide bonds. The van der Waals surface area contributed by atoms with Gasteiger partial charge in [-0.2, -0.15) is 0 Å². The minimum atomic E-state index is 0.329. The van der Waals surface area contributed by atoms with E-state index in [0.29, 0.717) is 26.0 Å². The number of hydrogen-bond acceptors (Lipinski definition) is 4. The summed E-state index contributed by atoms with van der Waals surface area (Å²) in [7, 11) is 0. The highest BCUT2D eigenvalue weighted by atomic mass is 127. The molecule has 1 fully saturated rings. The molecule has 17 heavy (non-hydrogen) atoms. The number of rotatable bonds is 3. The molecule has 2 rings (SSSR count). The van der Waals surface area contributed by atoms with Crippen molar-refractivity contribution >= 4 is 28.6 Å². The molecule has 7 nitrogen and oxygen atoms in total. The molecule has 0 aromatic carbocycles. The van der Waals surface area contributed by atoms with E-state index in [1.807, 2.05) is 12.1 Å². The molecule has 1 aliphatic heterocycles. The predicted molar refractivity (Wildman–Crippen MR) is 69.7 cm³/mol. The number of hydrogen-bond donors (Lipinski definition) is 1. The lowest BCUT2D eigenvalue weighted by atomic mass is 10.3. The number of halogens is 1. The van der Waals surface area contributed by atoms with Gasteiger partial charge in [0, 0.05) is 12.7 Å². The molecule has 0 spiro atoms. The Morgan fingerprint density at radius 2 is 2.47 bits per heavy atom. The number of nitroso groups, excluding NO2 is 1. The van der Waals surface area contributed by atoms with Crippen LogP contribution in [0.1, 0.15) is 5.56 Å². The minimum absolute atomic E-state index is 0.329. The number of ether oxygens (including phenoxy) is 1. The molecule has 1 N–H and O–H groups in total. The summed E-state index contributed by atoms with van der Waals surface area (Å²) < 4.78 is 6.16. The van der Waals surface area contributed by atoms with Crippen LogP contribution in [0.3, 0.4) is 0 Å². The van der Waals surface area contributed by atoms with E-state index in [1.54, 1.807) is 11.1 Å². The van der Waals surface area contributed by atoms with Crippen LogP contribution in [-0.2, 0) is 11.3 Å². The summed E-state index contributed by atoms with van der Waals surface area (Å²) in [5.41, 5.74) is 1.01. The molecule has 0 bridgehead atoms. The molecular weight excluding hydrogens is 337 g/mol. The number of nitrogens with one attached hydrogen (secondary N) is 1. The third-order valence-electron chi connectivity index (χ3n) is 2.18. The van der Waals surface area contributed by atoms with Crippen molar-refractivity contribution in [1.82, 2.24) is 15.2 Å². The van der Waals surface area contributed by atoms with E-state index in [2.05, 4.69) is 43.3 Å². The van der Waals surface area contributed by atoms with Crippen LogP contribution < -0.4 is 5.32 Å². The highest BCUT2D eigenvalue weighted by Gasteiger charge is 2.16. The second kappa shape index (κ2) is 5.87. The fourth-order valence-electron chi connectivity index (χ4n) is 1.42. The first-order valence-corrected chi connectivity index (χ1v) is 5.95. The van der Waals surface area contributed by atoms with E-state index in [0.717, 1.165) is 9.26 Å². The van der Waals surface area contributed by atoms with Gasteiger partial charge in [-0.3, -0.25) is 0 Å². The van der Waals surface area contributed by atoms with Gasteiger partial charge >= 0.3 is 0 Å². The molecule has 1 aliphatic rings. The van der Waals surface area contributed by atoms with Crippen molar-refractivity contribution in [2.45, 2.75) is 6.54 Å². The Bertz CT molecular complexity index is 422. The standard InChI is InChI=1S/C9H10IN5O2/c10-8-2-1-7(3-11-8)4-15-6-17-5-12-9(15)13-14-16/h1-3H,4-6H2,(H,12,13,16). The van der Waals surface area contributed by atoms with Crippen LogP contribution in [0.25, 0.3) is 0 Å². The zero-order valence-electron chi connectivity index (χ0n) is 8.84. The van der Waals surface area contributed by atoms with Crippen LogP contribution in [0, 0.1) is 8.61 Å². The third-order valence-corrected chi connectivity index (χ3v) is 2.81. The molecule has 0 aliphatic carbocycles. The maximum atomic E-state index is 10.2. The average Bonchev–Trinajstić information content (AvgIpc) is 2.35. The molecule has 1 aromatic heterocycles. The van der Waals surface area contributed by atoms with Crippen LogP contribution in [0.15, 0.2) is 28.7 Å². The smallest absolute Gasteiger partial charge is 0.226 e. The van der Waals surface area contributed by atoms with Crippen LogP contribution in [0.2, 0.25) is 0 Å². The maximum Gasteiger partial charge on any atom is 0.226 e. The van der Waals surface area contributed by atoms with Crippen molar-refractivity contribution in [3.05, 3.63) is 32.5 Å². The molecule has 0 radical (unpaired) electrons. The van der Waals surface area contributed by atoms with Gasteiger partial charge in [0.1, 0.15) is 17.2 Å². The van der Waals surface area contributed by atoms with Gasteiger partial charge in [-0.25, -0.2) is 4.98 Å². The van der Waals surface area contributed by atoms with Gasteiger partial charge in [0.05, 0.1) is 5.29 Å². The van der Waals surface area contributed by atoms with E-state index in [4.69, 9.17) is 4.74 Å². The molecular formula is C9H10IN5O2.